The maximum Gasteiger partial charge on any atom is 0.328 e. The molecule has 1 N–H and O–H groups in total. The Balaban J connectivity index is 2.20. The molecule has 0 amide bonds. The number of ether oxygens (including phenoxy) is 1. The predicted octanol–water partition coefficient (Wildman–Crippen LogP) is 4.19. The molecule has 0 aliphatic rings. The van der Waals surface area contributed by atoms with Gasteiger partial charge in [0.05, 0.1) is 4.47 Å². The van der Waals surface area contributed by atoms with Crippen molar-refractivity contribution in [1.82, 2.24) is 0 Å². The van der Waals surface area contributed by atoms with Crippen LogP contribution in [-0.2, 0) is 11.4 Å². The first-order valence-electron chi connectivity index (χ1n) is 5.50. The Hall–Kier alpha value is -1.59. The Morgan fingerprint density at radius 3 is 2.95 bits per heavy atom. The van der Waals surface area contributed by atoms with Gasteiger partial charge >= 0.3 is 5.97 Å². The zero-order valence-electron chi connectivity index (χ0n) is 9.88. The molecule has 0 spiro atoms. The van der Waals surface area contributed by atoms with E-state index in [1.807, 2.05) is 35.0 Å². The second kappa shape index (κ2) is 6.54. The molecule has 2 aromatic rings. The summed E-state index contributed by atoms with van der Waals surface area (Å²) in [6.45, 7) is 0.458. The predicted molar refractivity (Wildman–Crippen MR) is 79.5 cm³/mol. The third kappa shape index (κ3) is 3.94. The molecule has 0 atom stereocenters. The third-order valence-corrected chi connectivity index (χ3v) is 3.72. The summed E-state index contributed by atoms with van der Waals surface area (Å²) in [6, 6.07) is 7.51. The first kappa shape index (κ1) is 13.8. The van der Waals surface area contributed by atoms with E-state index in [0.717, 1.165) is 21.7 Å². The summed E-state index contributed by atoms with van der Waals surface area (Å²) in [5, 5.41) is 12.7. The molecule has 19 heavy (non-hydrogen) atoms. The summed E-state index contributed by atoms with van der Waals surface area (Å²) < 4.78 is 6.56. The van der Waals surface area contributed by atoms with Crippen molar-refractivity contribution in [2.75, 3.05) is 0 Å². The van der Waals surface area contributed by atoms with Gasteiger partial charge in [0.15, 0.2) is 0 Å². The molecule has 0 fully saturated rings. The molecule has 0 saturated heterocycles. The smallest absolute Gasteiger partial charge is 0.328 e. The van der Waals surface area contributed by atoms with Crippen LogP contribution in [0.2, 0.25) is 0 Å². The summed E-state index contributed by atoms with van der Waals surface area (Å²) in [7, 11) is 0. The van der Waals surface area contributed by atoms with Crippen LogP contribution in [0.5, 0.6) is 5.75 Å². The highest BCUT2D eigenvalue weighted by molar-refractivity contribution is 9.10. The number of halogens is 1. The van der Waals surface area contributed by atoms with Gasteiger partial charge < -0.3 is 9.84 Å². The van der Waals surface area contributed by atoms with Crippen LogP contribution in [0.1, 0.15) is 11.1 Å². The maximum absolute atomic E-state index is 10.6. The highest BCUT2D eigenvalue weighted by Crippen LogP contribution is 2.30. The van der Waals surface area contributed by atoms with E-state index in [0.29, 0.717) is 12.4 Å². The first-order chi connectivity index (χ1) is 9.16. The van der Waals surface area contributed by atoms with Crippen molar-refractivity contribution >= 4 is 39.3 Å². The summed E-state index contributed by atoms with van der Waals surface area (Å²) in [4.78, 5) is 10.6. The fourth-order valence-corrected chi connectivity index (χ4v) is 2.65. The second-order valence-corrected chi connectivity index (χ2v) is 5.38. The number of rotatable bonds is 5. The normalized spacial score (nSPS) is 10.8. The zero-order chi connectivity index (χ0) is 13.7. The highest BCUT2D eigenvalue weighted by atomic mass is 79.9. The molecule has 0 radical (unpaired) electrons. The minimum absolute atomic E-state index is 0.458. The lowest BCUT2D eigenvalue weighted by molar-refractivity contribution is -0.131. The van der Waals surface area contributed by atoms with E-state index >= 15 is 0 Å². The van der Waals surface area contributed by atoms with Gasteiger partial charge in [-0.25, -0.2) is 4.79 Å². The monoisotopic (exact) mass is 338 g/mol. The number of hydrogen-bond donors (Lipinski definition) is 1. The van der Waals surface area contributed by atoms with Crippen molar-refractivity contribution in [3.63, 3.8) is 0 Å². The van der Waals surface area contributed by atoms with Crippen LogP contribution >= 0.6 is 27.3 Å². The molecule has 0 bridgehead atoms. The van der Waals surface area contributed by atoms with Crippen molar-refractivity contribution in [3.8, 4) is 5.75 Å². The van der Waals surface area contributed by atoms with Crippen molar-refractivity contribution in [1.29, 1.82) is 0 Å². The number of para-hydroxylation sites is 1. The van der Waals surface area contributed by atoms with Gasteiger partial charge in [0, 0.05) is 11.6 Å². The number of thiophene rings is 1. The highest BCUT2D eigenvalue weighted by Gasteiger charge is 2.07. The van der Waals surface area contributed by atoms with Crippen LogP contribution in [0.15, 0.2) is 45.6 Å². The molecule has 0 saturated carbocycles. The van der Waals surface area contributed by atoms with Crippen molar-refractivity contribution in [2.45, 2.75) is 6.61 Å². The molecule has 2 rings (SSSR count). The average Bonchev–Trinajstić information content (AvgIpc) is 2.88. The van der Waals surface area contributed by atoms with Gasteiger partial charge in [0.25, 0.3) is 0 Å². The Labute approximate surface area is 123 Å². The van der Waals surface area contributed by atoms with Crippen molar-refractivity contribution in [3.05, 3.63) is 56.7 Å². The number of carbonyl (C=O) groups is 1. The topological polar surface area (TPSA) is 46.5 Å². The lowest BCUT2D eigenvalue weighted by Gasteiger charge is -2.10. The molecule has 0 aliphatic carbocycles. The van der Waals surface area contributed by atoms with Crippen molar-refractivity contribution in [2.24, 2.45) is 0 Å². The summed E-state index contributed by atoms with van der Waals surface area (Å²) in [5.74, 6) is -0.338. The van der Waals surface area contributed by atoms with E-state index in [4.69, 9.17) is 9.84 Å². The molecular formula is C14H11BrO3S. The molecule has 3 nitrogen and oxygen atoms in total. The summed E-state index contributed by atoms with van der Waals surface area (Å²) >= 11 is 5.03. The van der Waals surface area contributed by atoms with Gasteiger partial charge in [-0.3, -0.25) is 0 Å². The Bertz CT molecular complexity index is 591. The van der Waals surface area contributed by atoms with Gasteiger partial charge in [0.2, 0.25) is 0 Å². The van der Waals surface area contributed by atoms with E-state index in [9.17, 15) is 4.79 Å². The first-order valence-corrected chi connectivity index (χ1v) is 7.24. The fourth-order valence-electron chi connectivity index (χ4n) is 1.50. The largest absolute Gasteiger partial charge is 0.487 e. The molecular weight excluding hydrogens is 328 g/mol. The van der Waals surface area contributed by atoms with Crippen LogP contribution in [0.25, 0.3) is 6.08 Å². The van der Waals surface area contributed by atoms with E-state index in [2.05, 4.69) is 15.9 Å². The van der Waals surface area contributed by atoms with E-state index in [1.165, 1.54) is 6.08 Å². The molecule has 5 heteroatoms. The summed E-state index contributed by atoms with van der Waals surface area (Å²) in [6.07, 6.45) is 2.62. The van der Waals surface area contributed by atoms with Gasteiger partial charge in [-0.15, -0.1) is 0 Å². The number of benzene rings is 1. The minimum atomic E-state index is -0.983. The van der Waals surface area contributed by atoms with Gasteiger partial charge in [0.1, 0.15) is 12.4 Å². The van der Waals surface area contributed by atoms with Crippen LogP contribution in [-0.4, -0.2) is 11.1 Å². The molecule has 0 aliphatic heterocycles. The number of hydrogen-bond acceptors (Lipinski definition) is 3. The van der Waals surface area contributed by atoms with Gasteiger partial charge in [-0.05, 0) is 50.5 Å². The SMILES string of the molecule is O=C(O)/C=C/c1cccc(Br)c1OCc1ccsc1. The number of carboxylic acids is 1. The molecule has 0 unspecified atom stereocenters. The van der Waals surface area contributed by atoms with Crippen LogP contribution in [0, 0.1) is 0 Å². The maximum atomic E-state index is 10.6. The number of carboxylic acid groups (broad SMARTS) is 1. The fraction of sp³-hybridized carbons (Fsp3) is 0.0714. The third-order valence-electron chi connectivity index (χ3n) is 2.37. The minimum Gasteiger partial charge on any atom is -0.487 e. The van der Waals surface area contributed by atoms with E-state index < -0.39 is 5.97 Å². The van der Waals surface area contributed by atoms with Crippen LogP contribution in [0.4, 0.5) is 0 Å². The lowest BCUT2D eigenvalue weighted by atomic mass is 10.2. The van der Waals surface area contributed by atoms with Crippen molar-refractivity contribution < 1.29 is 14.6 Å². The molecule has 98 valence electrons. The quantitative estimate of drug-likeness (QED) is 0.831. The molecule has 1 aromatic carbocycles. The summed E-state index contributed by atoms with van der Waals surface area (Å²) in [5.41, 5.74) is 1.82. The lowest BCUT2D eigenvalue weighted by Crippen LogP contribution is -1.97. The average molecular weight is 339 g/mol. The standard InChI is InChI=1S/C14H11BrO3S/c15-12-3-1-2-11(4-5-13(16)17)14(12)18-8-10-6-7-19-9-10/h1-7,9H,8H2,(H,16,17)/b5-4+. The second-order valence-electron chi connectivity index (χ2n) is 3.75. The Morgan fingerprint density at radius 1 is 1.42 bits per heavy atom. The van der Waals surface area contributed by atoms with E-state index in [1.54, 1.807) is 11.3 Å². The van der Waals surface area contributed by atoms with Crippen LogP contribution < -0.4 is 4.74 Å². The van der Waals surface area contributed by atoms with E-state index in [-0.39, 0.29) is 0 Å². The van der Waals surface area contributed by atoms with Crippen LogP contribution in [0.3, 0.4) is 0 Å². The van der Waals surface area contributed by atoms with Gasteiger partial charge in [-0.1, -0.05) is 12.1 Å². The zero-order valence-corrected chi connectivity index (χ0v) is 12.3. The van der Waals surface area contributed by atoms with Gasteiger partial charge in [-0.2, -0.15) is 11.3 Å². The Morgan fingerprint density at radius 2 is 2.26 bits per heavy atom. The number of aliphatic carboxylic acids is 1. The molecule has 1 heterocycles. The molecule has 1 aromatic heterocycles. The Kier molecular flexibility index (Phi) is 4.76.